The molecule has 1 aliphatic heterocycles. The van der Waals surface area contributed by atoms with Gasteiger partial charge >= 0.3 is 0 Å². The van der Waals surface area contributed by atoms with E-state index in [1.54, 1.807) is 21.7 Å². The highest BCUT2D eigenvalue weighted by Gasteiger charge is 2.48. The van der Waals surface area contributed by atoms with E-state index in [1.165, 1.54) is 27.2 Å². The average molecular weight is 550 g/mol. The van der Waals surface area contributed by atoms with Gasteiger partial charge in [0.1, 0.15) is 18.0 Å². The van der Waals surface area contributed by atoms with Crippen LogP contribution in [0.15, 0.2) is 36.8 Å². The summed E-state index contributed by atoms with van der Waals surface area (Å²) < 4.78 is 6.53. The minimum absolute atomic E-state index is 0.0592. The van der Waals surface area contributed by atoms with Crippen LogP contribution in [-0.2, 0) is 14.3 Å². The van der Waals surface area contributed by atoms with Crippen LogP contribution >= 0.6 is 0 Å². The van der Waals surface area contributed by atoms with Crippen LogP contribution in [0, 0.1) is 17.8 Å². The van der Waals surface area contributed by atoms with Crippen LogP contribution in [0.2, 0.25) is 0 Å². The Labute approximate surface area is 231 Å². The van der Waals surface area contributed by atoms with E-state index in [4.69, 9.17) is 10.5 Å². The molecule has 0 bridgehead atoms. The van der Waals surface area contributed by atoms with Gasteiger partial charge in [-0.1, -0.05) is 6.92 Å². The van der Waals surface area contributed by atoms with E-state index >= 15 is 0 Å². The van der Waals surface area contributed by atoms with Crippen molar-refractivity contribution < 1.29 is 24.2 Å². The highest BCUT2D eigenvalue weighted by molar-refractivity contribution is 6.02. The number of carbonyl (C=O) groups is 3. The Morgan fingerprint density at radius 2 is 1.98 bits per heavy atom. The molecule has 40 heavy (non-hydrogen) atoms. The van der Waals surface area contributed by atoms with Gasteiger partial charge in [-0.25, -0.2) is 9.50 Å². The van der Waals surface area contributed by atoms with Crippen LogP contribution < -0.4 is 16.4 Å². The van der Waals surface area contributed by atoms with Crippen molar-refractivity contribution in [2.45, 2.75) is 38.8 Å². The van der Waals surface area contributed by atoms with Gasteiger partial charge < -0.3 is 31.1 Å². The Hall–Kier alpha value is -4.03. The van der Waals surface area contributed by atoms with Crippen molar-refractivity contribution in [1.29, 1.82) is 0 Å². The van der Waals surface area contributed by atoms with E-state index in [-0.39, 0.29) is 36.3 Å². The summed E-state index contributed by atoms with van der Waals surface area (Å²) in [7, 11) is 1.45. The monoisotopic (exact) mass is 549 g/mol. The van der Waals surface area contributed by atoms with Crippen LogP contribution in [0.25, 0.3) is 16.6 Å². The fraction of sp³-hybridized carbons (Fsp3) is 0.464. The maximum atomic E-state index is 12.6. The molecule has 5 rings (SSSR count). The van der Waals surface area contributed by atoms with Crippen LogP contribution in [0.3, 0.4) is 0 Å². The predicted octanol–water partition coefficient (Wildman–Crippen LogP) is 1.75. The number of pyridine rings is 1. The molecule has 0 unspecified atom stereocenters. The number of aliphatic hydroxyl groups is 1. The number of nitrogens with one attached hydrogen (secondary N) is 2. The molecule has 1 aliphatic carbocycles. The molecule has 0 aromatic carbocycles. The molecule has 12 nitrogen and oxygen atoms in total. The first-order valence-corrected chi connectivity index (χ1v) is 13.3. The topological polar surface area (TPSA) is 164 Å². The second-order valence-corrected chi connectivity index (χ2v) is 11.3. The molecule has 0 spiro atoms. The van der Waals surface area contributed by atoms with Gasteiger partial charge in [-0.15, -0.1) is 0 Å². The number of anilines is 2. The Morgan fingerprint density at radius 3 is 2.60 bits per heavy atom. The highest BCUT2D eigenvalue weighted by Crippen LogP contribution is 2.44. The summed E-state index contributed by atoms with van der Waals surface area (Å²) >= 11 is 0. The highest BCUT2D eigenvalue weighted by atomic mass is 16.5. The lowest BCUT2D eigenvalue weighted by Crippen LogP contribution is -2.45. The van der Waals surface area contributed by atoms with Crippen LogP contribution in [0.4, 0.5) is 11.5 Å². The van der Waals surface area contributed by atoms with Crippen molar-refractivity contribution in [3.63, 3.8) is 0 Å². The number of carbonyl (C=O) groups excluding carboxylic acids is 3. The first-order valence-electron chi connectivity index (χ1n) is 13.3. The number of methoxy groups -OCH3 is 1. The molecule has 1 saturated carbocycles. The third-order valence-electron chi connectivity index (χ3n) is 8.04. The fourth-order valence-electron chi connectivity index (χ4n) is 6.01. The number of nitrogens with two attached hydrogens (primary N) is 1. The summed E-state index contributed by atoms with van der Waals surface area (Å²) in [5.74, 6) is 0.0997. The second-order valence-electron chi connectivity index (χ2n) is 11.3. The average Bonchev–Trinajstić information content (AvgIpc) is 3.58. The van der Waals surface area contributed by atoms with E-state index < -0.39 is 11.5 Å². The SMILES string of the molecule is COCC(=O)Nc1ccc(-c2cc3c(N[C@@H]4C[C@@H]5CN(C(=O)C(C)(C)O)C[C@@H]5[C@H]4C)c(C(N)=O)cnn3c2)cn1. The summed E-state index contributed by atoms with van der Waals surface area (Å²) in [6.45, 7) is 6.35. The molecule has 1 saturated heterocycles. The molecule has 2 aliphatic rings. The lowest BCUT2D eigenvalue weighted by molar-refractivity contribution is -0.147. The van der Waals surface area contributed by atoms with E-state index in [9.17, 15) is 19.5 Å². The number of hydrogen-bond donors (Lipinski definition) is 4. The van der Waals surface area contributed by atoms with Crippen molar-refractivity contribution in [1.82, 2.24) is 19.5 Å². The van der Waals surface area contributed by atoms with E-state index in [1.807, 2.05) is 18.3 Å². The number of likely N-dealkylation sites (tertiary alicyclic amines) is 1. The van der Waals surface area contributed by atoms with Crippen molar-refractivity contribution >= 4 is 34.7 Å². The third-order valence-corrected chi connectivity index (χ3v) is 8.04. The summed E-state index contributed by atoms with van der Waals surface area (Å²) in [6.07, 6.45) is 5.79. The van der Waals surface area contributed by atoms with Gasteiger partial charge in [0.25, 0.3) is 17.7 Å². The molecule has 0 radical (unpaired) electrons. The van der Waals surface area contributed by atoms with Crippen molar-refractivity contribution in [2.75, 3.05) is 37.4 Å². The third kappa shape index (κ3) is 5.24. The number of nitrogens with zero attached hydrogens (tertiary/aromatic N) is 4. The number of aromatic nitrogens is 3. The number of ether oxygens (including phenoxy) is 1. The zero-order valence-electron chi connectivity index (χ0n) is 23.0. The van der Waals surface area contributed by atoms with Gasteiger partial charge in [-0.2, -0.15) is 5.10 Å². The summed E-state index contributed by atoms with van der Waals surface area (Å²) in [5, 5.41) is 20.9. The zero-order valence-corrected chi connectivity index (χ0v) is 23.0. The van der Waals surface area contributed by atoms with E-state index in [2.05, 4.69) is 27.6 Å². The van der Waals surface area contributed by atoms with Gasteiger partial charge in [0.05, 0.1) is 23.0 Å². The van der Waals surface area contributed by atoms with Crippen LogP contribution in [-0.4, -0.2) is 80.8 Å². The maximum absolute atomic E-state index is 12.6. The Balaban J connectivity index is 1.38. The first kappa shape index (κ1) is 27.5. The Bertz CT molecular complexity index is 1450. The van der Waals surface area contributed by atoms with Crippen LogP contribution in [0.5, 0.6) is 0 Å². The molecular weight excluding hydrogens is 514 g/mol. The number of fused-ring (bicyclic) bond motifs is 2. The van der Waals surface area contributed by atoms with Gasteiger partial charge in [0.2, 0.25) is 0 Å². The molecule has 5 N–H and O–H groups in total. The second kappa shape index (κ2) is 10.5. The normalized spacial score (nSPS) is 22.4. The molecule has 4 heterocycles. The molecule has 3 amide bonds. The van der Waals surface area contributed by atoms with E-state index in [0.717, 1.165) is 17.5 Å². The zero-order chi connectivity index (χ0) is 28.8. The first-order chi connectivity index (χ1) is 19.0. The molecule has 12 heteroatoms. The predicted molar refractivity (Wildman–Crippen MR) is 148 cm³/mol. The molecule has 2 fully saturated rings. The maximum Gasteiger partial charge on any atom is 0.253 e. The van der Waals surface area contributed by atoms with Crippen molar-refractivity contribution in [3.8, 4) is 11.1 Å². The van der Waals surface area contributed by atoms with Crippen molar-refractivity contribution in [3.05, 3.63) is 42.4 Å². The quantitative estimate of drug-likeness (QED) is 0.330. The smallest absolute Gasteiger partial charge is 0.253 e. The molecule has 3 aromatic rings. The van der Waals surface area contributed by atoms with Crippen molar-refractivity contribution in [2.24, 2.45) is 23.5 Å². The minimum atomic E-state index is -1.39. The number of hydrogen-bond acceptors (Lipinski definition) is 8. The van der Waals surface area contributed by atoms with Gasteiger partial charge in [-0.05, 0) is 56.2 Å². The fourth-order valence-corrected chi connectivity index (χ4v) is 6.01. The van der Waals surface area contributed by atoms with Gasteiger partial charge in [-0.3, -0.25) is 14.4 Å². The van der Waals surface area contributed by atoms with E-state index in [0.29, 0.717) is 41.6 Å². The number of amides is 3. The summed E-state index contributed by atoms with van der Waals surface area (Å²) in [5.41, 5.74) is 7.61. The lowest BCUT2D eigenvalue weighted by Gasteiger charge is -2.28. The molecule has 3 aromatic heterocycles. The molecular formula is C28H35N7O5. The number of rotatable bonds is 8. The molecule has 212 valence electrons. The summed E-state index contributed by atoms with van der Waals surface area (Å²) in [6, 6.07) is 5.53. The Kier molecular flexibility index (Phi) is 7.23. The largest absolute Gasteiger partial charge is 0.381 e. The number of primary amides is 1. The minimum Gasteiger partial charge on any atom is -0.381 e. The summed E-state index contributed by atoms with van der Waals surface area (Å²) in [4.78, 5) is 42.9. The standard InChI is InChI=1S/C28H35N7O5/c1-15-20-13-34(27(38)28(2,3)39)11-18(20)7-21(15)32-25-19(26(29)37)10-31-35-12-17(8-22(25)35)16-5-6-23(30-9-16)33-24(36)14-40-4/h5-6,8-10,12,15,18,20-21,32,39H,7,11,13-14H2,1-4H3,(H2,29,37)(H,30,33,36)/t15-,18-,20-,21-/m1/s1. The Morgan fingerprint density at radius 1 is 1.20 bits per heavy atom. The van der Waals surface area contributed by atoms with Gasteiger partial charge in [0, 0.05) is 49.8 Å². The van der Waals surface area contributed by atoms with Gasteiger partial charge in [0.15, 0.2) is 0 Å². The van der Waals surface area contributed by atoms with Crippen LogP contribution in [0.1, 0.15) is 37.6 Å². The molecule has 4 atom stereocenters. The lowest BCUT2D eigenvalue weighted by atomic mass is 9.93.